The van der Waals surface area contributed by atoms with Crippen molar-refractivity contribution in [1.82, 2.24) is 9.97 Å². The Kier molecular flexibility index (Phi) is 4.61. The predicted molar refractivity (Wildman–Crippen MR) is 98.2 cm³/mol. The lowest BCUT2D eigenvalue weighted by Gasteiger charge is -2.28. The number of aromatic nitrogens is 2. The minimum Gasteiger partial charge on any atom is -0.481 e. The average Bonchev–Trinajstić information content (AvgIpc) is 3.08. The molecule has 0 saturated carbocycles. The molecule has 1 aliphatic carbocycles. The van der Waals surface area contributed by atoms with Gasteiger partial charge in [0.1, 0.15) is 21.2 Å². The molecule has 0 aliphatic heterocycles. The van der Waals surface area contributed by atoms with Crippen LogP contribution in [0, 0.1) is 17.5 Å². The summed E-state index contributed by atoms with van der Waals surface area (Å²) >= 11 is 1.43. The lowest BCUT2D eigenvalue weighted by atomic mass is 9.81. The zero-order valence-electron chi connectivity index (χ0n) is 14.4. The normalized spacial score (nSPS) is 20.0. The van der Waals surface area contributed by atoms with Crippen LogP contribution in [0.5, 0.6) is 5.88 Å². The molecular formula is C19H16F3N3OS. The molecule has 140 valence electrons. The Labute approximate surface area is 157 Å². The largest absolute Gasteiger partial charge is 0.481 e. The maximum Gasteiger partial charge on any atom is 0.214 e. The van der Waals surface area contributed by atoms with E-state index in [0.29, 0.717) is 24.8 Å². The van der Waals surface area contributed by atoms with Gasteiger partial charge < -0.3 is 10.5 Å². The summed E-state index contributed by atoms with van der Waals surface area (Å²) in [5.41, 5.74) is 8.07. The SMILES string of the molecule is COc1ccc2nc(C3=CC[C@H](c4cc(F)c(F)cc4F)[C@@H](N)C3)sc2n1. The molecule has 3 aromatic rings. The molecule has 8 heteroatoms. The molecule has 4 nitrogen and oxygen atoms in total. The summed E-state index contributed by atoms with van der Waals surface area (Å²) in [6, 6.07) is 4.63. The highest BCUT2D eigenvalue weighted by molar-refractivity contribution is 7.19. The Morgan fingerprint density at radius 3 is 2.63 bits per heavy atom. The van der Waals surface area contributed by atoms with Crippen molar-refractivity contribution >= 4 is 27.3 Å². The summed E-state index contributed by atoms with van der Waals surface area (Å²) in [6.07, 6.45) is 2.81. The number of hydrogen-bond acceptors (Lipinski definition) is 5. The fourth-order valence-corrected chi connectivity index (χ4v) is 4.31. The van der Waals surface area contributed by atoms with Crippen molar-refractivity contribution in [3.05, 3.63) is 58.4 Å². The molecule has 27 heavy (non-hydrogen) atoms. The van der Waals surface area contributed by atoms with E-state index in [4.69, 9.17) is 10.5 Å². The van der Waals surface area contributed by atoms with Crippen LogP contribution < -0.4 is 10.5 Å². The molecule has 0 spiro atoms. The summed E-state index contributed by atoms with van der Waals surface area (Å²) in [7, 11) is 1.55. The molecule has 0 unspecified atom stereocenters. The van der Waals surface area contributed by atoms with Crippen LogP contribution in [0.1, 0.15) is 29.3 Å². The van der Waals surface area contributed by atoms with Crippen LogP contribution in [-0.2, 0) is 0 Å². The van der Waals surface area contributed by atoms with Gasteiger partial charge in [-0.3, -0.25) is 0 Å². The zero-order chi connectivity index (χ0) is 19.1. The van der Waals surface area contributed by atoms with E-state index in [1.807, 2.05) is 12.1 Å². The molecule has 0 fully saturated rings. The fourth-order valence-electron chi connectivity index (χ4n) is 3.33. The second-order valence-corrected chi connectivity index (χ2v) is 7.40. The Morgan fingerprint density at radius 2 is 1.89 bits per heavy atom. The number of rotatable bonds is 3. The average molecular weight is 391 g/mol. The number of methoxy groups -OCH3 is 1. The van der Waals surface area contributed by atoms with E-state index in [0.717, 1.165) is 27.0 Å². The standard InChI is InChI=1S/C19H16F3N3OS/c1-26-17-5-4-16-19(25-17)27-18(24-16)9-2-3-10(15(23)6-9)11-7-13(21)14(22)8-12(11)20/h2,4-5,7-8,10,15H,3,6,23H2,1H3/t10-,15+/m1/s1. The number of allylic oxidation sites excluding steroid dienone is 1. The molecule has 0 bridgehead atoms. The summed E-state index contributed by atoms with van der Waals surface area (Å²) in [5, 5.41) is 0.797. The van der Waals surface area contributed by atoms with Gasteiger partial charge in [-0.2, -0.15) is 0 Å². The van der Waals surface area contributed by atoms with Crippen molar-refractivity contribution in [1.29, 1.82) is 0 Å². The molecule has 0 amide bonds. The van der Waals surface area contributed by atoms with Gasteiger partial charge in [-0.05, 0) is 36.1 Å². The number of ether oxygens (including phenoxy) is 1. The maximum absolute atomic E-state index is 14.1. The molecule has 2 atom stereocenters. The third-order valence-electron chi connectivity index (χ3n) is 4.74. The van der Waals surface area contributed by atoms with Gasteiger partial charge in [0, 0.05) is 24.1 Å². The Balaban J connectivity index is 1.64. The zero-order valence-corrected chi connectivity index (χ0v) is 15.2. The van der Waals surface area contributed by atoms with Crippen molar-refractivity contribution < 1.29 is 17.9 Å². The number of halogens is 3. The third-order valence-corrected chi connectivity index (χ3v) is 5.78. The predicted octanol–water partition coefficient (Wildman–Crippen LogP) is 4.41. The number of fused-ring (bicyclic) bond motifs is 1. The first-order valence-electron chi connectivity index (χ1n) is 8.37. The van der Waals surface area contributed by atoms with Gasteiger partial charge in [0.25, 0.3) is 0 Å². The number of pyridine rings is 1. The van der Waals surface area contributed by atoms with Gasteiger partial charge in [0.2, 0.25) is 5.88 Å². The highest BCUT2D eigenvalue weighted by Gasteiger charge is 2.29. The van der Waals surface area contributed by atoms with Gasteiger partial charge >= 0.3 is 0 Å². The van der Waals surface area contributed by atoms with E-state index < -0.39 is 29.4 Å². The molecule has 0 saturated heterocycles. The second kappa shape index (κ2) is 6.94. The summed E-state index contributed by atoms with van der Waals surface area (Å²) in [5.74, 6) is -2.95. The van der Waals surface area contributed by atoms with Crippen LogP contribution in [0.2, 0.25) is 0 Å². The minimum atomic E-state index is -1.20. The van der Waals surface area contributed by atoms with Gasteiger partial charge in [-0.15, -0.1) is 0 Å². The summed E-state index contributed by atoms with van der Waals surface area (Å²) < 4.78 is 46.0. The Bertz CT molecular complexity index is 1050. The molecule has 4 rings (SSSR count). The molecule has 2 N–H and O–H groups in total. The smallest absolute Gasteiger partial charge is 0.214 e. The van der Waals surface area contributed by atoms with Gasteiger partial charge in [0.15, 0.2) is 11.6 Å². The topological polar surface area (TPSA) is 61.0 Å². The van der Waals surface area contributed by atoms with Gasteiger partial charge in [-0.1, -0.05) is 17.4 Å². The van der Waals surface area contributed by atoms with Gasteiger partial charge in [0.05, 0.1) is 7.11 Å². The van der Waals surface area contributed by atoms with E-state index in [-0.39, 0.29) is 5.56 Å². The third kappa shape index (κ3) is 3.30. The molecular weight excluding hydrogens is 375 g/mol. The van der Waals surface area contributed by atoms with Crippen LogP contribution in [0.4, 0.5) is 13.2 Å². The number of thiazole rings is 1. The van der Waals surface area contributed by atoms with Crippen molar-refractivity contribution in [3.63, 3.8) is 0 Å². The molecule has 1 aromatic carbocycles. The minimum absolute atomic E-state index is 0.104. The first-order chi connectivity index (χ1) is 13.0. The van der Waals surface area contributed by atoms with Crippen molar-refractivity contribution in [2.24, 2.45) is 5.73 Å². The van der Waals surface area contributed by atoms with E-state index in [1.54, 1.807) is 13.2 Å². The Morgan fingerprint density at radius 1 is 1.11 bits per heavy atom. The molecule has 0 radical (unpaired) electrons. The van der Waals surface area contributed by atoms with Crippen LogP contribution in [0.15, 0.2) is 30.3 Å². The summed E-state index contributed by atoms with van der Waals surface area (Å²) in [6.45, 7) is 0. The number of benzene rings is 1. The first kappa shape index (κ1) is 17.9. The number of nitrogens with two attached hydrogens (primary N) is 1. The van der Waals surface area contributed by atoms with Crippen molar-refractivity contribution in [3.8, 4) is 5.88 Å². The quantitative estimate of drug-likeness (QED) is 0.672. The summed E-state index contributed by atoms with van der Waals surface area (Å²) in [4.78, 5) is 9.71. The van der Waals surface area contributed by atoms with E-state index in [2.05, 4.69) is 9.97 Å². The van der Waals surface area contributed by atoms with E-state index in [1.165, 1.54) is 11.3 Å². The van der Waals surface area contributed by atoms with Crippen molar-refractivity contribution in [2.75, 3.05) is 7.11 Å². The van der Waals surface area contributed by atoms with Crippen LogP contribution in [-0.4, -0.2) is 23.1 Å². The number of hydrogen-bond donors (Lipinski definition) is 1. The number of nitrogens with zero attached hydrogens (tertiary/aromatic N) is 2. The lowest BCUT2D eigenvalue weighted by molar-refractivity contribution is 0.400. The highest BCUT2D eigenvalue weighted by Crippen LogP contribution is 2.38. The van der Waals surface area contributed by atoms with Crippen LogP contribution in [0.3, 0.4) is 0 Å². The molecule has 1 aliphatic rings. The highest BCUT2D eigenvalue weighted by atomic mass is 32.1. The lowest BCUT2D eigenvalue weighted by Crippen LogP contribution is -2.31. The van der Waals surface area contributed by atoms with E-state index in [9.17, 15) is 13.2 Å². The maximum atomic E-state index is 14.1. The first-order valence-corrected chi connectivity index (χ1v) is 9.19. The molecule has 2 heterocycles. The Hall–Kier alpha value is -2.45. The van der Waals surface area contributed by atoms with Crippen LogP contribution in [0.25, 0.3) is 15.9 Å². The van der Waals surface area contributed by atoms with Gasteiger partial charge in [-0.25, -0.2) is 23.1 Å². The monoisotopic (exact) mass is 391 g/mol. The van der Waals surface area contributed by atoms with E-state index >= 15 is 0 Å². The second-order valence-electron chi connectivity index (χ2n) is 6.42. The van der Waals surface area contributed by atoms with Crippen LogP contribution >= 0.6 is 11.3 Å². The molecule has 2 aromatic heterocycles. The fraction of sp³-hybridized carbons (Fsp3) is 0.263. The van der Waals surface area contributed by atoms with Crippen molar-refractivity contribution in [2.45, 2.75) is 24.8 Å².